The second kappa shape index (κ2) is 6.14. The van der Waals surface area contributed by atoms with Crippen molar-refractivity contribution in [2.75, 3.05) is 13.1 Å². The Morgan fingerprint density at radius 3 is 2.95 bits per heavy atom. The zero-order valence-corrected chi connectivity index (χ0v) is 13.0. The molecule has 1 N–H and O–H groups in total. The van der Waals surface area contributed by atoms with Gasteiger partial charge < -0.3 is 5.11 Å². The molecule has 2 heterocycles. The molecule has 0 radical (unpaired) electrons. The number of hydrogen-bond acceptors (Lipinski definition) is 4. The number of aliphatic carboxylic acids is 1. The monoisotopic (exact) mass is 320 g/mol. The third-order valence-corrected chi connectivity index (χ3v) is 5.12. The summed E-state index contributed by atoms with van der Waals surface area (Å²) in [7, 11) is 0. The van der Waals surface area contributed by atoms with Crippen LogP contribution < -0.4 is 0 Å². The van der Waals surface area contributed by atoms with Crippen molar-refractivity contribution < 1.29 is 14.3 Å². The van der Waals surface area contributed by atoms with Crippen molar-refractivity contribution in [3.8, 4) is 0 Å². The second-order valence-corrected chi connectivity index (χ2v) is 6.60. The van der Waals surface area contributed by atoms with Crippen LogP contribution >= 0.6 is 11.3 Å². The number of aryl methyl sites for hydroxylation is 1. The van der Waals surface area contributed by atoms with Crippen LogP contribution in [0.2, 0.25) is 0 Å². The summed E-state index contributed by atoms with van der Waals surface area (Å²) < 4.78 is 13.4. The van der Waals surface area contributed by atoms with E-state index in [1.807, 2.05) is 13.0 Å². The number of carboxylic acids is 1. The number of carbonyl (C=O) groups is 1. The maximum atomic E-state index is 13.4. The number of nitrogens with zero attached hydrogens (tertiary/aromatic N) is 2. The molecule has 3 rings (SSSR count). The highest BCUT2D eigenvalue weighted by atomic mass is 32.1. The zero-order valence-electron chi connectivity index (χ0n) is 12.2. The molecule has 2 atom stereocenters. The first-order valence-electron chi connectivity index (χ1n) is 7.14. The molecule has 1 saturated heterocycles. The SMILES string of the molecule is Cc1ncsc1CN1C[C@H](C(=O)O)[C@@H](c2cccc(F)c2)C1. The molecular formula is C16H17FN2O2S. The fourth-order valence-corrected chi connectivity index (χ4v) is 3.84. The number of thiazole rings is 1. The minimum atomic E-state index is -0.821. The van der Waals surface area contributed by atoms with E-state index < -0.39 is 11.9 Å². The summed E-state index contributed by atoms with van der Waals surface area (Å²) in [6.07, 6.45) is 0. The highest BCUT2D eigenvalue weighted by molar-refractivity contribution is 7.09. The van der Waals surface area contributed by atoms with Gasteiger partial charge in [-0.25, -0.2) is 9.37 Å². The first-order chi connectivity index (χ1) is 10.5. The average molecular weight is 320 g/mol. The molecule has 4 nitrogen and oxygen atoms in total. The molecule has 0 spiro atoms. The number of hydrogen-bond donors (Lipinski definition) is 1. The summed E-state index contributed by atoms with van der Waals surface area (Å²) in [6.45, 7) is 3.76. The van der Waals surface area contributed by atoms with Crippen LogP contribution in [0, 0.1) is 18.7 Å². The Morgan fingerprint density at radius 2 is 2.32 bits per heavy atom. The molecule has 0 amide bonds. The van der Waals surface area contributed by atoms with Gasteiger partial charge in [0.05, 0.1) is 17.1 Å². The molecular weight excluding hydrogens is 303 g/mol. The highest BCUT2D eigenvalue weighted by Crippen LogP contribution is 2.34. The van der Waals surface area contributed by atoms with Gasteiger partial charge in [-0.1, -0.05) is 12.1 Å². The topological polar surface area (TPSA) is 53.4 Å². The van der Waals surface area contributed by atoms with Gasteiger partial charge in [0.25, 0.3) is 0 Å². The van der Waals surface area contributed by atoms with Gasteiger partial charge in [-0.15, -0.1) is 11.3 Å². The maximum absolute atomic E-state index is 13.4. The summed E-state index contributed by atoms with van der Waals surface area (Å²) in [5.74, 6) is -1.83. The van der Waals surface area contributed by atoms with Crippen LogP contribution in [-0.4, -0.2) is 34.0 Å². The van der Waals surface area contributed by atoms with E-state index in [1.54, 1.807) is 22.9 Å². The van der Waals surface area contributed by atoms with E-state index in [-0.39, 0.29) is 11.7 Å². The summed E-state index contributed by atoms with van der Waals surface area (Å²) >= 11 is 1.59. The molecule has 1 fully saturated rings. The zero-order chi connectivity index (χ0) is 15.7. The van der Waals surface area contributed by atoms with Crippen molar-refractivity contribution in [3.05, 3.63) is 51.7 Å². The number of aromatic nitrogens is 1. The Balaban J connectivity index is 1.81. The predicted molar refractivity (Wildman–Crippen MR) is 82.4 cm³/mol. The van der Waals surface area contributed by atoms with E-state index in [1.165, 1.54) is 12.1 Å². The summed E-state index contributed by atoms with van der Waals surface area (Å²) in [4.78, 5) is 19.1. The minimum Gasteiger partial charge on any atom is -0.481 e. The van der Waals surface area contributed by atoms with Crippen LogP contribution in [0.15, 0.2) is 29.8 Å². The van der Waals surface area contributed by atoms with Gasteiger partial charge >= 0.3 is 5.97 Å². The first kappa shape index (κ1) is 15.1. The third-order valence-electron chi connectivity index (χ3n) is 4.20. The molecule has 0 saturated carbocycles. The molecule has 116 valence electrons. The molecule has 1 aliphatic heterocycles. The van der Waals surface area contributed by atoms with Crippen LogP contribution in [0.3, 0.4) is 0 Å². The number of likely N-dealkylation sites (tertiary alicyclic amines) is 1. The molecule has 1 aromatic heterocycles. The Hall–Kier alpha value is -1.79. The van der Waals surface area contributed by atoms with Crippen molar-refractivity contribution in [1.29, 1.82) is 0 Å². The van der Waals surface area contributed by atoms with Crippen molar-refractivity contribution >= 4 is 17.3 Å². The highest BCUT2D eigenvalue weighted by Gasteiger charge is 2.38. The van der Waals surface area contributed by atoms with E-state index in [0.29, 0.717) is 19.6 Å². The van der Waals surface area contributed by atoms with Crippen molar-refractivity contribution in [2.45, 2.75) is 19.4 Å². The van der Waals surface area contributed by atoms with E-state index in [9.17, 15) is 14.3 Å². The van der Waals surface area contributed by atoms with E-state index in [0.717, 1.165) is 16.1 Å². The molecule has 22 heavy (non-hydrogen) atoms. The Morgan fingerprint density at radius 1 is 1.50 bits per heavy atom. The van der Waals surface area contributed by atoms with Crippen LogP contribution in [0.1, 0.15) is 22.1 Å². The molecule has 1 aliphatic rings. The summed E-state index contributed by atoms with van der Waals surface area (Å²) in [5.41, 5.74) is 3.56. The van der Waals surface area contributed by atoms with Gasteiger partial charge in [0.1, 0.15) is 5.82 Å². The molecule has 6 heteroatoms. The Bertz CT molecular complexity index is 688. The lowest BCUT2D eigenvalue weighted by atomic mass is 9.89. The lowest BCUT2D eigenvalue weighted by molar-refractivity contribution is -0.141. The Labute approximate surface area is 132 Å². The second-order valence-electron chi connectivity index (χ2n) is 5.66. The Kier molecular flexibility index (Phi) is 4.22. The largest absolute Gasteiger partial charge is 0.481 e. The van der Waals surface area contributed by atoms with Gasteiger partial charge in [0.2, 0.25) is 0 Å². The quantitative estimate of drug-likeness (QED) is 0.941. The lowest BCUT2D eigenvalue weighted by Gasteiger charge is -2.15. The van der Waals surface area contributed by atoms with Gasteiger partial charge in [-0.3, -0.25) is 9.69 Å². The van der Waals surface area contributed by atoms with Gasteiger partial charge in [-0.05, 0) is 24.6 Å². The number of rotatable bonds is 4. The smallest absolute Gasteiger partial charge is 0.308 e. The fourth-order valence-electron chi connectivity index (χ4n) is 3.02. The van der Waals surface area contributed by atoms with Gasteiger partial charge in [-0.2, -0.15) is 0 Å². The number of benzene rings is 1. The summed E-state index contributed by atoms with van der Waals surface area (Å²) in [6, 6.07) is 6.28. The lowest BCUT2D eigenvalue weighted by Crippen LogP contribution is -2.23. The maximum Gasteiger partial charge on any atom is 0.308 e. The summed E-state index contributed by atoms with van der Waals surface area (Å²) in [5, 5.41) is 9.48. The van der Waals surface area contributed by atoms with E-state index in [2.05, 4.69) is 9.88 Å². The van der Waals surface area contributed by atoms with Crippen LogP contribution in [0.4, 0.5) is 4.39 Å². The van der Waals surface area contributed by atoms with Crippen LogP contribution in [0.5, 0.6) is 0 Å². The predicted octanol–water partition coefficient (Wildman–Crippen LogP) is 2.89. The van der Waals surface area contributed by atoms with Crippen molar-refractivity contribution in [3.63, 3.8) is 0 Å². The van der Waals surface area contributed by atoms with Gasteiger partial charge in [0, 0.05) is 30.4 Å². The molecule has 0 aliphatic carbocycles. The third kappa shape index (κ3) is 3.03. The van der Waals surface area contributed by atoms with Crippen molar-refractivity contribution in [2.24, 2.45) is 5.92 Å². The van der Waals surface area contributed by atoms with Gasteiger partial charge in [0.15, 0.2) is 0 Å². The normalized spacial score (nSPS) is 22.1. The van der Waals surface area contributed by atoms with Crippen LogP contribution in [-0.2, 0) is 11.3 Å². The molecule has 0 bridgehead atoms. The van der Waals surface area contributed by atoms with Crippen LogP contribution in [0.25, 0.3) is 0 Å². The van der Waals surface area contributed by atoms with Crippen molar-refractivity contribution in [1.82, 2.24) is 9.88 Å². The standard InChI is InChI=1S/C16H17FN2O2S/c1-10-15(22-9-18-10)8-19-6-13(14(7-19)16(20)21)11-3-2-4-12(17)5-11/h2-5,9,13-14H,6-8H2,1H3,(H,20,21)/t13-,14+/m1/s1. The minimum absolute atomic E-state index is 0.179. The molecule has 0 unspecified atom stereocenters. The first-order valence-corrected chi connectivity index (χ1v) is 8.02. The van der Waals surface area contributed by atoms with E-state index in [4.69, 9.17) is 0 Å². The fraction of sp³-hybridized carbons (Fsp3) is 0.375. The average Bonchev–Trinajstić information content (AvgIpc) is 3.07. The number of halogens is 1. The van der Waals surface area contributed by atoms with E-state index >= 15 is 0 Å². The molecule has 1 aromatic carbocycles. The molecule has 2 aromatic rings. The number of carboxylic acid groups (broad SMARTS) is 1.